The molecular weight excluding hydrogens is 462 g/mol. The van der Waals surface area contributed by atoms with Gasteiger partial charge in [0, 0.05) is 30.5 Å². The number of nitrogens with zero attached hydrogens (tertiary/aromatic N) is 3. The van der Waals surface area contributed by atoms with E-state index in [0.717, 1.165) is 9.80 Å². The summed E-state index contributed by atoms with van der Waals surface area (Å²) < 4.78 is 25.3. The Bertz CT molecular complexity index is 1250. The summed E-state index contributed by atoms with van der Waals surface area (Å²) in [6, 6.07) is 6.51. The van der Waals surface area contributed by atoms with Gasteiger partial charge in [0.15, 0.2) is 6.29 Å². The second-order valence-corrected chi connectivity index (χ2v) is 10.6. The number of likely N-dealkylation sites (N-methyl/N-ethyl adjacent to an activating group) is 1. The van der Waals surface area contributed by atoms with Gasteiger partial charge in [0.1, 0.15) is 15.4 Å². The van der Waals surface area contributed by atoms with Crippen molar-refractivity contribution in [1.29, 1.82) is 0 Å². The van der Waals surface area contributed by atoms with Crippen LogP contribution in [-0.2, 0) is 19.4 Å². The third kappa shape index (κ3) is 4.54. The Balaban J connectivity index is 1.64. The van der Waals surface area contributed by atoms with Gasteiger partial charge in [-0.1, -0.05) is 12.1 Å². The van der Waals surface area contributed by atoms with E-state index in [1.54, 1.807) is 25.4 Å². The zero-order chi connectivity index (χ0) is 24.6. The van der Waals surface area contributed by atoms with E-state index < -0.39 is 34.0 Å². The highest BCUT2D eigenvalue weighted by molar-refractivity contribution is 7.91. The fraction of sp³-hybridized carbons (Fsp3) is 0.348. The molecule has 0 unspecified atom stereocenters. The number of carbonyl (C=O) groups excluding carboxylic acids is 3. The summed E-state index contributed by atoms with van der Waals surface area (Å²) in [5.74, 6) is -1.24. The van der Waals surface area contributed by atoms with E-state index in [9.17, 15) is 33.0 Å². The number of aromatic nitrogens is 1. The molecule has 3 heterocycles. The number of hydrogen-bond acceptors (Lipinski definition) is 7. The first-order valence-electron chi connectivity index (χ1n) is 10.9. The maximum atomic E-state index is 13.2. The number of aliphatic hydroxyl groups excluding tert-OH is 1. The molecule has 2 saturated heterocycles. The van der Waals surface area contributed by atoms with Crippen molar-refractivity contribution in [2.75, 3.05) is 23.0 Å². The van der Waals surface area contributed by atoms with Crippen LogP contribution in [0.3, 0.4) is 0 Å². The Labute approximate surface area is 196 Å². The molecule has 2 aromatic rings. The Morgan fingerprint density at radius 1 is 1.03 bits per heavy atom. The van der Waals surface area contributed by atoms with Gasteiger partial charge in [-0.3, -0.25) is 14.5 Å². The van der Waals surface area contributed by atoms with E-state index in [1.807, 2.05) is 4.57 Å². The minimum absolute atomic E-state index is 0.0130. The average molecular weight is 488 g/mol. The van der Waals surface area contributed by atoms with Crippen LogP contribution in [0.2, 0.25) is 0 Å². The molecule has 0 radical (unpaired) electrons. The summed E-state index contributed by atoms with van der Waals surface area (Å²) in [7, 11) is -2.99. The molecule has 4 amide bonds. The van der Waals surface area contributed by atoms with Gasteiger partial charge in [-0.05, 0) is 49.6 Å². The Hall–Kier alpha value is -3.28. The number of rotatable bonds is 5. The van der Waals surface area contributed by atoms with Crippen LogP contribution in [0.5, 0.6) is 0 Å². The van der Waals surface area contributed by atoms with Gasteiger partial charge in [-0.2, -0.15) is 0 Å². The number of urea groups is 1. The second kappa shape index (κ2) is 9.16. The molecule has 2 N–H and O–H groups in total. The van der Waals surface area contributed by atoms with E-state index in [-0.39, 0.29) is 40.9 Å². The molecule has 34 heavy (non-hydrogen) atoms. The second-order valence-electron chi connectivity index (χ2n) is 8.27. The monoisotopic (exact) mass is 487 g/mol. The molecule has 1 aromatic carbocycles. The fourth-order valence-corrected chi connectivity index (χ4v) is 5.63. The highest BCUT2D eigenvalue weighted by Crippen LogP contribution is 2.28. The third-order valence-corrected chi connectivity index (χ3v) is 7.81. The predicted molar refractivity (Wildman–Crippen MR) is 123 cm³/mol. The molecule has 11 heteroatoms. The lowest BCUT2D eigenvalue weighted by molar-refractivity contribution is -0.128. The number of barbiturate groups is 1. The van der Waals surface area contributed by atoms with Gasteiger partial charge >= 0.3 is 6.03 Å². The third-order valence-electron chi connectivity index (χ3n) is 6.09. The van der Waals surface area contributed by atoms with Crippen LogP contribution in [0, 0.1) is 0 Å². The minimum Gasteiger partial charge on any atom is -0.364 e. The van der Waals surface area contributed by atoms with E-state index in [4.69, 9.17) is 0 Å². The van der Waals surface area contributed by atoms with Gasteiger partial charge in [0.2, 0.25) is 0 Å². The van der Waals surface area contributed by atoms with Crippen LogP contribution >= 0.6 is 0 Å². The van der Waals surface area contributed by atoms with Crippen molar-refractivity contribution in [2.45, 2.75) is 32.1 Å². The molecule has 4 rings (SSSR count). The van der Waals surface area contributed by atoms with Gasteiger partial charge in [-0.25, -0.2) is 18.1 Å². The van der Waals surface area contributed by atoms with Crippen LogP contribution in [0.15, 0.2) is 48.3 Å². The van der Waals surface area contributed by atoms with E-state index in [1.165, 1.54) is 30.3 Å². The van der Waals surface area contributed by atoms with Crippen molar-refractivity contribution < 1.29 is 33.0 Å². The Kier molecular flexibility index (Phi) is 6.43. The fourth-order valence-electron chi connectivity index (χ4n) is 4.16. The van der Waals surface area contributed by atoms with Crippen molar-refractivity contribution in [2.24, 2.45) is 0 Å². The molecule has 2 fully saturated rings. The van der Waals surface area contributed by atoms with Crippen molar-refractivity contribution in [3.05, 3.63) is 59.4 Å². The number of aliphatic hydroxyl groups is 2. The van der Waals surface area contributed by atoms with Crippen LogP contribution in [0.1, 0.15) is 43.2 Å². The van der Waals surface area contributed by atoms with E-state index in [0.29, 0.717) is 18.4 Å². The summed E-state index contributed by atoms with van der Waals surface area (Å²) in [5.41, 5.74) is 0.778. The number of sulfone groups is 1. The molecule has 2 aliphatic heterocycles. The average Bonchev–Trinajstić information content (AvgIpc) is 3.26. The SMILES string of the molecule is CCN1C(=O)C(=Cc2ccn(C3CCS(=O)(=O)CC3)c2)C(=O)N(c2ccc(C(O)O)cc2)C1=O. The largest absolute Gasteiger partial charge is 0.364 e. The van der Waals surface area contributed by atoms with Crippen molar-refractivity contribution in [3.63, 3.8) is 0 Å². The number of amides is 4. The Morgan fingerprint density at radius 2 is 1.68 bits per heavy atom. The van der Waals surface area contributed by atoms with Crippen LogP contribution in [0.25, 0.3) is 6.08 Å². The van der Waals surface area contributed by atoms with Gasteiger partial charge in [0.05, 0.1) is 17.2 Å². The minimum atomic E-state index is -2.99. The molecule has 1 aromatic heterocycles. The van der Waals surface area contributed by atoms with Gasteiger partial charge < -0.3 is 14.8 Å². The molecule has 0 saturated carbocycles. The lowest BCUT2D eigenvalue weighted by Crippen LogP contribution is -2.56. The predicted octanol–water partition coefficient (Wildman–Crippen LogP) is 1.62. The first-order chi connectivity index (χ1) is 16.1. The van der Waals surface area contributed by atoms with E-state index >= 15 is 0 Å². The van der Waals surface area contributed by atoms with Crippen LogP contribution in [-0.4, -0.2) is 64.0 Å². The van der Waals surface area contributed by atoms with Gasteiger partial charge in [0.25, 0.3) is 11.8 Å². The highest BCUT2D eigenvalue weighted by atomic mass is 32.2. The first-order valence-corrected chi connectivity index (χ1v) is 12.7. The zero-order valence-corrected chi connectivity index (χ0v) is 19.3. The standard InChI is InChI=1S/C23H25N3O7S/c1-2-25-20(27)19(13-15-7-10-24(14-15)17-8-11-34(32,33)12-9-17)21(28)26(23(25)31)18-5-3-16(4-6-18)22(29)30/h3-7,10,13-14,17,22,29-30H,2,8-9,11-12H2,1H3. The summed E-state index contributed by atoms with van der Waals surface area (Å²) in [4.78, 5) is 40.9. The molecule has 0 bridgehead atoms. The van der Waals surface area contributed by atoms with Gasteiger partial charge in [-0.15, -0.1) is 0 Å². The normalized spacial score (nSPS) is 20.6. The lowest BCUT2D eigenvalue weighted by Gasteiger charge is -2.33. The van der Waals surface area contributed by atoms with Crippen LogP contribution < -0.4 is 4.90 Å². The first kappa shape index (κ1) is 23.9. The summed E-state index contributed by atoms with van der Waals surface area (Å²) in [6.07, 6.45) is 4.26. The van der Waals surface area contributed by atoms with Crippen molar-refractivity contribution in [1.82, 2.24) is 9.47 Å². The summed E-state index contributed by atoms with van der Waals surface area (Å²) in [5, 5.41) is 18.6. The number of anilines is 1. The topological polar surface area (TPSA) is 137 Å². The number of carbonyl (C=O) groups is 3. The molecule has 0 aliphatic carbocycles. The number of imide groups is 2. The molecule has 0 atom stereocenters. The molecular formula is C23H25N3O7S. The van der Waals surface area contributed by atoms with E-state index in [2.05, 4.69) is 0 Å². The van der Waals surface area contributed by atoms with Crippen LogP contribution in [0.4, 0.5) is 10.5 Å². The zero-order valence-electron chi connectivity index (χ0n) is 18.5. The maximum Gasteiger partial charge on any atom is 0.338 e. The van der Waals surface area contributed by atoms with Crippen molar-refractivity contribution in [3.8, 4) is 0 Å². The number of benzene rings is 1. The highest BCUT2D eigenvalue weighted by Gasteiger charge is 2.42. The van der Waals surface area contributed by atoms with Crippen molar-refractivity contribution >= 4 is 39.4 Å². The Morgan fingerprint density at radius 3 is 2.26 bits per heavy atom. The molecule has 2 aliphatic rings. The molecule has 0 spiro atoms. The summed E-state index contributed by atoms with van der Waals surface area (Å²) in [6.45, 7) is 1.68. The smallest absolute Gasteiger partial charge is 0.338 e. The maximum absolute atomic E-state index is 13.2. The molecule has 180 valence electrons. The quantitative estimate of drug-likeness (QED) is 0.371. The number of hydrogen-bond donors (Lipinski definition) is 2. The summed E-state index contributed by atoms with van der Waals surface area (Å²) >= 11 is 0. The molecule has 10 nitrogen and oxygen atoms in total. The lowest BCUT2D eigenvalue weighted by atomic mass is 10.1.